The van der Waals surface area contributed by atoms with Gasteiger partial charge in [0, 0.05) is 0 Å². The molecule has 114 valence electrons. The second-order valence-electron chi connectivity index (χ2n) is 4.06. The highest BCUT2D eigenvalue weighted by Gasteiger charge is 2.18. The Kier molecular flexibility index (Phi) is 6.69. The summed E-state index contributed by atoms with van der Waals surface area (Å²) in [6, 6.07) is 7.57. The molecule has 0 saturated heterocycles. The van der Waals surface area contributed by atoms with Crippen molar-refractivity contribution in [1.29, 1.82) is 0 Å². The molecule has 0 spiro atoms. The third-order valence-corrected chi connectivity index (χ3v) is 2.42. The lowest BCUT2D eigenvalue weighted by Crippen LogP contribution is -2.47. The number of aliphatic hydroxyl groups is 1. The maximum Gasteiger partial charge on any atom is 0.407 e. The summed E-state index contributed by atoms with van der Waals surface area (Å²) < 4.78 is 4.86. The van der Waals surface area contributed by atoms with Gasteiger partial charge in [-0.25, -0.2) is 9.59 Å². The van der Waals surface area contributed by atoms with Gasteiger partial charge in [-0.05, 0) is 5.56 Å². The molecule has 0 aliphatic heterocycles. The van der Waals surface area contributed by atoms with Crippen LogP contribution in [0.5, 0.6) is 0 Å². The van der Waals surface area contributed by atoms with Crippen molar-refractivity contribution < 1.29 is 29.3 Å². The number of aliphatic hydroxyl groups excluding tert-OH is 1. The fourth-order valence-electron chi connectivity index (χ4n) is 1.36. The Morgan fingerprint density at radius 3 is 2.43 bits per heavy atom. The van der Waals surface area contributed by atoms with Gasteiger partial charge < -0.3 is 25.6 Å². The first kappa shape index (κ1) is 16.4. The lowest BCUT2D eigenvalue weighted by molar-refractivity contribution is -0.142. The zero-order chi connectivity index (χ0) is 15.7. The Morgan fingerprint density at radius 1 is 1.19 bits per heavy atom. The molecular weight excluding hydrogens is 280 g/mol. The van der Waals surface area contributed by atoms with Crippen molar-refractivity contribution in [2.75, 3.05) is 13.2 Å². The summed E-state index contributed by atoms with van der Waals surface area (Å²) in [5.74, 6) is -2.11. The number of amides is 2. The van der Waals surface area contributed by atoms with Crippen molar-refractivity contribution in [3.05, 3.63) is 35.9 Å². The van der Waals surface area contributed by atoms with E-state index in [1.54, 1.807) is 24.3 Å². The van der Waals surface area contributed by atoms with Gasteiger partial charge in [0.1, 0.15) is 19.2 Å². The predicted molar refractivity (Wildman–Crippen MR) is 71.3 cm³/mol. The van der Waals surface area contributed by atoms with Crippen LogP contribution in [-0.4, -0.2) is 47.4 Å². The minimum absolute atomic E-state index is 0.0582. The SMILES string of the molecule is O=C(CNC(=O)OCc1ccccc1)N[C@@H](CO)C(=O)O. The highest BCUT2D eigenvalue weighted by molar-refractivity contribution is 5.86. The number of nitrogens with one attached hydrogen (secondary N) is 2. The molecule has 0 radical (unpaired) electrons. The third-order valence-electron chi connectivity index (χ3n) is 2.42. The normalized spacial score (nSPS) is 11.3. The third kappa shape index (κ3) is 6.39. The number of hydrogen-bond acceptors (Lipinski definition) is 5. The molecule has 0 bridgehead atoms. The largest absolute Gasteiger partial charge is 0.480 e. The van der Waals surface area contributed by atoms with E-state index in [1.807, 2.05) is 11.4 Å². The number of benzene rings is 1. The van der Waals surface area contributed by atoms with Crippen LogP contribution in [0.2, 0.25) is 0 Å². The van der Waals surface area contributed by atoms with E-state index >= 15 is 0 Å². The van der Waals surface area contributed by atoms with Crippen LogP contribution in [0.4, 0.5) is 4.79 Å². The Morgan fingerprint density at radius 2 is 1.86 bits per heavy atom. The number of carbonyl (C=O) groups excluding carboxylic acids is 2. The molecule has 0 fully saturated rings. The quantitative estimate of drug-likeness (QED) is 0.536. The lowest BCUT2D eigenvalue weighted by Gasteiger charge is -2.12. The molecule has 8 nitrogen and oxygen atoms in total. The van der Waals surface area contributed by atoms with Crippen LogP contribution in [0.25, 0.3) is 0 Å². The van der Waals surface area contributed by atoms with E-state index in [0.29, 0.717) is 0 Å². The molecule has 2 amide bonds. The number of carbonyl (C=O) groups is 3. The van der Waals surface area contributed by atoms with Crippen molar-refractivity contribution >= 4 is 18.0 Å². The van der Waals surface area contributed by atoms with Gasteiger partial charge in [-0.3, -0.25) is 4.79 Å². The molecule has 1 atom stereocenters. The smallest absolute Gasteiger partial charge is 0.407 e. The zero-order valence-electron chi connectivity index (χ0n) is 11.1. The van der Waals surface area contributed by atoms with E-state index < -0.39 is 37.2 Å². The van der Waals surface area contributed by atoms with Gasteiger partial charge in [-0.15, -0.1) is 0 Å². The van der Waals surface area contributed by atoms with Crippen LogP contribution in [0.1, 0.15) is 5.56 Å². The Labute approximate surface area is 120 Å². The molecule has 0 aliphatic rings. The summed E-state index contributed by atoms with van der Waals surface area (Å²) in [5, 5.41) is 21.6. The van der Waals surface area contributed by atoms with Crippen molar-refractivity contribution in [1.82, 2.24) is 10.6 Å². The van der Waals surface area contributed by atoms with Gasteiger partial charge in [-0.2, -0.15) is 0 Å². The van der Waals surface area contributed by atoms with Gasteiger partial charge in [0.05, 0.1) is 6.61 Å². The highest BCUT2D eigenvalue weighted by atomic mass is 16.5. The predicted octanol–water partition coefficient (Wildman–Crippen LogP) is -0.526. The van der Waals surface area contributed by atoms with Gasteiger partial charge in [0.25, 0.3) is 0 Å². The molecule has 8 heteroatoms. The molecule has 21 heavy (non-hydrogen) atoms. The monoisotopic (exact) mass is 296 g/mol. The van der Waals surface area contributed by atoms with Gasteiger partial charge in [0.2, 0.25) is 5.91 Å². The first-order valence-corrected chi connectivity index (χ1v) is 6.10. The fraction of sp³-hybridized carbons (Fsp3) is 0.308. The van der Waals surface area contributed by atoms with Crippen LogP contribution in [-0.2, 0) is 20.9 Å². The number of aliphatic carboxylic acids is 1. The van der Waals surface area contributed by atoms with Gasteiger partial charge in [-0.1, -0.05) is 30.3 Å². The summed E-state index contributed by atoms with van der Waals surface area (Å²) in [6.45, 7) is -1.13. The number of hydrogen-bond donors (Lipinski definition) is 4. The molecule has 0 heterocycles. The van der Waals surface area contributed by atoms with E-state index in [-0.39, 0.29) is 6.61 Å². The first-order valence-electron chi connectivity index (χ1n) is 6.10. The fourth-order valence-corrected chi connectivity index (χ4v) is 1.36. The molecular formula is C13H16N2O6. The number of alkyl carbamates (subject to hydrolysis) is 1. The highest BCUT2D eigenvalue weighted by Crippen LogP contribution is 2.00. The maximum absolute atomic E-state index is 11.3. The average Bonchev–Trinajstić information content (AvgIpc) is 2.49. The molecule has 0 unspecified atom stereocenters. The van der Waals surface area contributed by atoms with Crippen LogP contribution < -0.4 is 10.6 Å². The molecule has 0 saturated carbocycles. The molecule has 4 N–H and O–H groups in total. The van der Waals surface area contributed by atoms with Gasteiger partial charge in [0.15, 0.2) is 0 Å². The zero-order valence-corrected chi connectivity index (χ0v) is 11.1. The van der Waals surface area contributed by atoms with E-state index in [9.17, 15) is 14.4 Å². The van der Waals surface area contributed by atoms with Crippen molar-refractivity contribution in [3.63, 3.8) is 0 Å². The minimum Gasteiger partial charge on any atom is -0.480 e. The molecule has 0 aliphatic carbocycles. The summed E-state index contributed by atoms with van der Waals surface area (Å²) in [5.41, 5.74) is 0.795. The van der Waals surface area contributed by atoms with E-state index in [2.05, 4.69) is 5.32 Å². The Hall–Kier alpha value is -2.61. The van der Waals surface area contributed by atoms with Crippen molar-refractivity contribution in [3.8, 4) is 0 Å². The molecule has 1 rings (SSSR count). The molecule has 1 aromatic carbocycles. The number of rotatable bonds is 7. The summed E-state index contributed by atoms with van der Waals surface area (Å²) in [6.07, 6.45) is -0.801. The van der Waals surface area contributed by atoms with Crippen molar-refractivity contribution in [2.45, 2.75) is 12.6 Å². The maximum atomic E-state index is 11.3. The van der Waals surface area contributed by atoms with E-state index in [1.165, 1.54) is 0 Å². The number of carboxylic acid groups (broad SMARTS) is 1. The van der Waals surface area contributed by atoms with Crippen LogP contribution >= 0.6 is 0 Å². The van der Waals surface area contributed by atoms with Crippen LogP contribution in [0.15, 0.2) is 30.3 Å². The number of ether oxygens (including phenoxy) is 1. The standard InChI is InChI=1S/C13H16N2O6/c16-7-10(12(18)19)15-11(17)6-14-13(20)21-8-9-4-2-1-3-5-9/h1-5,10,16H,6-8H2,(H,14,20)(H,15,17)(H,18,19)/t10-/m0/s1. The Bertz CT molecular complexity index is 491. The van der Waals surface area contributed by atoms with Crippen molar-refractivity contribution in [2.24, 2.45) is 0 Å². The Balaban J connectivity index is 2.26. The second-order valence-corrected chi connectivity index (χ2v) is 4.06. The van der Waals surface area contributed by atoms with E-state index in [0.717, 1.165) is 5.56 Å². The summed E-state index contributed by atoms with van der Waals surface area (Å²) in [7, 11) is 0. The summed E-state index contributed by atoms with van der Waals surface area (Å²) in [4.78, 5) is 33.2. The minimum atomic E-state index is -1.40. The van der Waals surface area contributed by atoms with Crippen LogP contribution in [0.3, 0.4) is 0 Å². The molecule has 1 aromatic rings. The second kappa shape index (κ2) is 8.54. The lowest BCUT2D eigenvalue weighted by atomic mass is 10.2. The van der Waals surface area contributed by atoms with Gasteiger partial charge >= 0.3 is 12.1 Å². The topological polar surface area (TPSA) is 125 Å². The van der Waals surface area contributed by atoms with Crippen LogP contribution in [0, 0.1) is 0 Å². The average molecular weight is 296 g/mol. The number of carboxylic acids is 1. The summed E-state index contributed by atoms with van der Waals surface area (Å²) >= 11 is 0. The molecule has 0 aromatic heterocycles. The van der Waals surface area contributed by atoms with E-state index in [4.69, 9.17) is 14.9 Å². The first-order chi connectivity index (χ1) is 10.0.